The first-order valence-electron chi connectivity index (χ1n) is 6.70. The van der Waals surface area contributed by atoms with Crippen molar-refractivity contribution < 1.29 is 8.78 Å². The van der Waals surface area contributed by atoms with Crippen LogP contribution in [0.1, 0.15) is 20.3 Å². The molecule has 1 aromatic rings. The molecule has 0 bridgehead atoms. The van der Waals surface area contributed by atoms with Crippen molar-refractivity contribution in [3.05, 3.63) is 23.8 Å². The summed E-state index contributed by atoms with van der Waals surface area (Å²) in [7, 11) is 0. The highest BCUT2D eigenvalue weighted by Crippen LogP contribution is 2.26. The van der Waals surface area contributed by atoms with Gasteiger partial charge in [-0.3, -0.25) is 0 Å². The first-order valence-corrected chi connectivity index (χ1v) is 6.70. The Kier molecular flexibility index (Phi) is 4.24. The Bertz CT molecular complexity index is 449. The summed E-state index contributed by atoms with van der Waals surface area (Å²) in [6.07, 6.45) is 1.07. The number of anilines is 2. The topological polar surface area (TPSA) is 41.3 Å². The molecule has 1 saturated heterocycles. The highest BCUT2D eigenvalue weighted by Gasteiger charge is 2.24. The number of nitrogen functional groups attached to an aromatic ring is 1. The maximum atomic E-state index is 13.6. The number of rotatable bonds is 4. The van der Waals surface area contributed by atoms with Gasteiger partial charge in [-0.25, -0.2) is 8.78 Å². The zero-order valence-electron chi connectivity index (χ0n) is 11.4. The summed E-state index contributed by atoms with van der Waals surface area (Å²) in [5.74, 6) is -1.31. The van der Waals surface area contributed by atoms with Crippen LogP contribution < -0.4 is 11.1 Å². The number of likely N-dealkylation sites (tertiary alicyclic amines) is 1. The summed E-state index contributed by atoms with van der Waals surface area (Å²) in [5.41, 5.74) is 6.00. The van der Waals surface area contributed by atoms with Crippen molar-refractivity contribution in [1.82, 2.24) is 4.90 Å². The molecule has 1 aromatic carbocycles. The van der Waals surface area contributed by atoms with Crippen LogP contribution in [0.4, 0.5) is 20.2 Å². The van der Waals surface area contributed by atoms with E-state index in [4.69, 9.17) is 5.73 Å². The van der Waals surface area contributed by atoms with Gasteiger partial charge in [-0.1, -0.05) is 0 Å². The minimum absolute atomic E-state index is 0.0861. The van der Waals surface area contributed by atoms with E-state index in [0.29, 0.717) is 18.5 Å². The van der Waals surface area contributed by atoms with E-state index in [0.717, 1.165) is 25.6 Å². The number of halogens is 2. The van der Waals surface area contributed by atoms with Gasteiger partial charge in [-0.2, -0.15) is 0 Å². The van der Waals surface area contributed by atoms with Crippen LogP contribution in [0.2, 0.25) is 0 Å². The Hall–Kier alpha value is -1.36. The molecular formula is C14H21F2N3. The second-order valence-corrected chi connectivity index (χ2v) is 5.45. The second kappa shape index (κ2) is 5.74. The normalized spacial score (nSPS) is 20.2. The first kappa shape index (κ1) is 14.1. The van der Waals surface area contributed by atoms with Crippen molar-refractivity contribution in [3.63, 3.8) is 0 Å². The molecule has 3 N–H and O–H groups in total. The first-order chi connectivity index (χ1) is 8.99. The van der Waals surface area contributed by atoms with E-state index in [9.17, 15) is 8.78 Å². The Morgan fingerprint density at radius 3 is 2.79 bits per heavy atom. The molecule has 0 radical (unpaired) electrons. The van der Waals surface area contributed by atoms with Crippen LogP contribution in [0.3, 0.4) is 0 Å². The molecule has 106 valence electrons. The van der Waals surface area contributed by atoms with Gasteiger partial charge in [-0.05, 0) is 44.9 Å². The van der Waals surface area contributed by atoms with Crippen molar-refractivity contribution in [3.8, 4) is 0 Å². The van der Waals surface area contributed by atoms with Crippen molar-refractivity contribution >= 4 is 11.4 Å². The molecule has 1 aliphatic rings. The molecule has 19 heavy (non-hydrogen) atoms. The predicted octanol–water partition coefficient (Wildman–Crippen LogP) is 2.69. The van der Waals surface area contributed by atoms with E-state index in [1.54, 1.807) is 0 Å². The number of nitrogens with two attached hydrogens (primary N) is 1. The average molecular weight is 269 g/mol. The molecule has 1 heterocycles. The lowest BCUT2D eigenvalue weighted by Gasteiger charge is -2.20. The molecule has 0 aromatic heterocycles. The second-order valence-electron chi connectivity index (χ2n) is 5.45. The van der Waals surface area contributed by atoms with E-state index in [2.05, 4.69) is 24.1 Å². The SMILES string of the molecule is CC(C)N1CCC(CNc2c(N)ccc(F)c2F)C1. The summed E-state index contributed by atoms with van der Waals surface area (Å²) in [4.78, 5) is 2.39. The lowest BCUT2D eigenvalue weighted by Crippen LogP contribution is -2.29. The largest absolute Gasteiger partial charge is 0.397 e. The monoisotopic (exact) mass is 269 g/mol. The minimum Gasteiger partial charge on any atom is -0.397 e. The van der Waals surface area contributed by atoms with Crippen molar-refractivity contribution in [2.45, 2.75) is 26.3 Å². The molecular weight excluding hydrogens is 248 g/mol. The highest BCUT2D eigenvalue weighted by atomic mass is 19.2. The lowest BCUT2D eigenvalue weighted by molar-refractivity contribution is 0.266. The van der Waals surface area contributed by atoms with Gasteiger partial charge >= 0.3 is 0 Å². The Morgan fingerprint density at radius 2 is 2.16 bits per heavy atom. The van der Waals surface area contributed by atoms with Gasteiger partial charge < -0.3 is 16.0 Å². The maximum absolute atomic E-state index is 13.6. The quantitative estimate of drug-likeness (QED) is 0.826. The van der Waals surface area contributed by atoms with Gasteiger partial charge in [0.05, 0.1) is 11.4 Å². The van der Waals surface area contributed by atoms with Gasteiger partial charge in [-0.15, -0.1) is 0 Å². The van der Waals surface area contributed by atoms with Gasteiger partial charge in [0.2, 0.25) is 0 Å². The van der Waals surface area contributed by atoms with E-state index in [1.165, 1.54) is 6.07 Å². The van der Waals surface area contributed by atoms with E-state index in [1.807, 2.05) is 0 Å². The fourth-order valence-corrected chi connectivity index (χ4v) is 2.49. The van der Waals surface area contributed by atoms with Crippen LogP contribution in [0.15, 0.2) is 12.1 Å². The maximum Gasteiger partial charge on any atom is 0.183 e. The molecule has 1 aliphatic heterocycles. The third-order valence-electron chi connectivity index (χ3n) is 3.74. The van der Waals surface area contributed by atoms with E-state index >= 15 is 0 Å². The van der Waals surface area contributed by atoms with Crippen LogP contribution >= 0.6 is 0 Å². The molecule has 3 nitrogen and oxygen atoms in total. The summed E-state index contributed by atoms with van der Waals surface area (Å²) in [6.45, 7) is 7.00. The lowest BCUT2D eigenvalue weighted by atomic mass is 10.1. The van der Waals surface area contributed by atoms with Gasteiger partial charge in [0.15, 0.2) is 11.6 Å². The van der Waals surface area contributed by atoms with Crippen LogP contribution in [0, 0.1) is 17.6 Å². The van der Waals surface area contributed by atoms with E-state index < -0.39 is 11.6 Å². The summed E-state index contributed by atoms with van der Waals surface area (Å²) in [6, 6.07) is 2.96. The van der Waals surface area contributed by atoms with Crippen molar-refractivity contribution in [1.29, 1.82) is 0 Å². The van der Waals surface area contributed by atoms with Crippen molar-refractivity contribution in [2.75, 3.05) is 30.7 Å². The number of hydrogen-bond donors (Lipinski definition) is 2. The van der Waals surface area contributed by atoms with Crippen LogP contribution in [-0.4, -0.2) is 30.6 Å². The molecule has 1 unspecified atom stereocenters. The summed E-state index contributed by atoms with van der Waals surface area (Å²) < 4.78 is 26.8. The average Bonchev–Trinajstić information content (AvgIpc) is 2.83. The molecule has 0 aliphatic carbocycles. The Balaban J connectivity index is 1.95. The third-order valence-corrected chi connectivity index (χ3v) is 3.74. The van der Waals surface area contributed by atoms with Crippen molar-refractivity contribution in [2.24, 2.45) is 5.92 Å². The van der Waals surface area contributed by atoms with Gasteiger partial charge in [0.25, 0.3) is 0 Å². The molecule has 5 heteroatoms. The molecule has 1 fully saturated rings. The number of hydrogen-bond acceptors (Lipinski definition) is 3. The van der Waals surface area contributed by atoms with Crippen LogP contribution in [0.25, 0.3) is 0 Å². The predicted molar refractivity (Wildman–Crippen MR) is 74.1 cm³/mol. The fraction of sp³-hybridized carbons (Fsp3) is 0.571. The molecule has 1 atom stereocenters. The van der Waals surface area contributed by atoms with Crippen LogP contribution in [-0.2, 0) is 0 Å². The molecule has 0 amide bonds. The van der Waals surface area contributed by atoms with Gasteiger partial charge in [0, 0.05) is 19.1 Å². The summed E-state index contributed by atoms with van der Waals surface area (Å²) in [5, 5.41) is 2.96. The number of nitrogens with zero attached hydrogens (tertiary/aromatic N) is 1. The highest BCUT2D eigenvalue weighted by molar-refractivity contribution is 5.66. The smallest absolute Gasteiger partial charge is 0.183 e. The standard InChI is InChI=1S/C14H21F2N3/c1-9(2)19-6-5-10(8-19)7-18-14-12(17)4-3-11(15)13(14)16/h3-4,9-10,18H,5-8,17H2,1-2H3. The molecule has 2 rings (SSSR count). The minimum atomic E-state index is -0.890. The van der Waals surface area contributed by atoms with Crippen LogP contribution in [0.5, 0.6) is 0 Å². The fourth-order valence-electron chi connectivity index (χ4n) is 2.49. The van der Waals surface area contributed by atoms with Gasteiger partial charge in [0.1, 0.15) is 0 Å². The third kappa shape index (κ3) is 3.15. The number of benzene rings is 1. The summed E-state index contributed by atoms with van der Waals surface area (Å²) >= 11 is 0. The van der Waals surface area contributed by atoms with E-state index in [-0.39, 0.29) is 11.4 Å². The number of nitrogens with one attached hydrogen (secondary N) is 1. The molecule has 0 spiro atoms. The zero-order valence-corrected chi connectivity index (χ0v) is 11.4. The Morgan fingerprint density at radius 1 is 1.42 bits per heavy atom. The zero-order chi connectivity index (χ0) is 14.0. The Labute approximate surface area is 112 Å². The molecule has 0 saturated carbocycles.